The maximum absolute atomic E-state index is 8.36. The number of aliphatic imine (C=N–C) groups is 1. The number of pyridine rings is 1. The lowest BCUT2D eigenvalue weighted by Crippen LogP contribution is -2.09. The summed E-state index contributed by atoms with van der Waals surface area (Å²) in [5.41, 5.74) is 7.73. The van der Waals surface area contributed by atoms with E-state index in [-0.39, 0.29) is 17.5 Å². The van der Waals surface area contributed by atoms with Crippen LogP contribution in [0, 0.1) is 0 Å². The average Bonchev–Trinajstić information content (AvgIpc) is 2.86. The highest BCUT2D eigenvalue weighted by Gasteiger charge is 2.17. The molecule has 36 heavy (non-hydrogen) atoms. The molecule has 2 aromatic carbocycles. The van der Waals surface area contributed by atoms with Gasteiger partial charge in [-0.25, -0.2) is 4.98 Å². The van der Waals surface area contributed by atoms with Gasteiger partial charge in [0.05, 0.1) is 28.5 Å². The van der Waals surface area contributed by atoms with Crippen molar-refractivity contribution >= 4 is 22.8 Å². The Hall–Kier alpha value is -3.20. The Morgan fingerprint density at radius 3 is 1.64 bits per heavy atom. The second-order valence-corrected chi connectivity index (χ2v) is 10.7. The van der Waals surface area contributed by atoms with E-state index < -0.39 is 6.85 Å². The first-order chi connectivity index (χ1) is 18.2. The maximum Gasteiger partial charge on any atom is 0.0866 e. The molecule has 0 bridgehead atoms. The molecule has 1 heterocycles. The number of nitrogens with one attached hydrogen (secondary N) is 1. The molecule has 0 aliphatic rings. The molecule has 0 aliphatic carbocycles. The van der Waals surface area contributed by atoms with E-state index in [4.69, 9.17) is 14.1 Å². The third kappa shape index (κ3) is 6.13. The number of aromatic nitrogens is 1. The number of benzene rings is 2. The van der Waals surface area contributed by atoms with Crippen molar-refractivity contribution in [2.24, 2.45) is 4.99 Å². The first-order valence-corrected chi connectivity index (χ1v) is 13.0. The van der Waals surface area contributed by atoms with Crippen molar-refractivity contribution in [2.75, 3.05) is 5.32 Å². The minimum Gasteiger partial charge on any atom is -0.354 e. The fourth-order valence-corrected chi connectivity index (χ4v) is 4.45. The lowest BCUT2D eigenvalue weighted by molar-refractivity contribution is 0.834. The van der Waals surface area contributed by atoms with Gasteiger partial charge < -0.3 is 5.32 Å². The molecule has 3 nitrogen and oxygen atoms in total. The molecule has 3 heteroatoms. The van der Waals surface area contributed by atoms with E-state index in [1.807, 2.05) is 30.3 Å². The van der Waals surface area contributed by atoms with Crippen molar-refractivity contribution < 1.29 is 4.11 Å². The fraction of sp³-hybridized carbons (Fsp3) is 0.394. The molecule has 0 saturated heterocycles. The van der Waals surface area contributed by atoms with E-state index in [2.05, 4.69) is 85.5 Å². The second-order valence-electron chi connectivity index (χ2n) is 10.7. The highest BCUT2D eigenvalue weighted by Crippen LogP contribution is 2.36. The number of para-hydroxylation sites is 2. The first-order valence-electron chi connectivity index (χ1n) is 14.5. The van der Waals surface area contributed by atoms with Crippen molar-refractivity contribution in [2.45, 2.75) is 85.9 Å². The van der Waals surface area contributed by atoms with E-state index in [9.17, 15) is 0 Å². The summed E-state index contributed by atoms with van der Waals surface area (Å²) >= 11 is 0. The molecule has 0 amide bonds. The van der Waals surface area contributed by atoms with Gasteiger partial charge in [-0.2, -0.15) is 0 Å². The van der Waals surface area contributed by atoms with Gasteiger partial charge in [-0.05, 0) is 64.9 Å². The van der Waals surface area contributed by atoms with E-state index >= 15 is 0 Å². The molecule has 0 radical (unpaired) electrons. The van der Waals surface area contributed by atoms with E-state index in [1.54, 1.807) is 6.07 Å². The number of nitrogens with zero attached hydrogens (tertiary/aromatic N) is 2. The van der Waals surface area contributed by atoms with Crippen LogP contribution in [0.3, 0.4) is 0 Å². The van der Waals surface area contributed by atoms with Gasteiger partial charge >= 0.3 is 0 Å². The predicted molar refractivity (Wildman–Crippen MR) is 158 cm³/mol. The molecule has 3 rings (SSSR count). The Balaban J connectivity index is 2.13. The molecular formula is C33H43N3. The van der Waals surface area contributed by atoms with Gasteiger partial charge in [-0.1, -0.05) is 104 Å². The first kappa shape index (κ1) is 23.2. The van der Waals surface area contributed by atoms with Crippen LogP contribution in [0.15, 0.2) is 66.2 Å². The average molecular weight is 485 g/mol. The molecule has 190 valence electrons. The second kappa shape index (κ2) is 11.7. The van der Waals surface area contributed by atoms with Gasteiger partial charge in [0.15, 0.2) is 0 Å². The molecule has 0 spiro atoms. The van der Waals surface area contributed by atoms with Gasteiger partial charge in [-0.15, -0.1) is 0 Å². The Bertz CT molecular complexity index is 1300. The van der Waals surface area contributed by atoms with Crippen LogP contribution in [0.2, 0.25) is 0 Å². The Morgan fingerprint density at radius 1 is 0.722 bits per heavy atom. The van der Waals surface area contributed by atoms with Crippen molar-refractivity contribution in [1.29, 1.82) is 0 Å². The minimum atomic E-state index is -2.45. The fourth-order valence-electron chi connectivity index (χ4n) is 4.45. The number of hydrogen-bond donors (Lipinski definition) is 1. The molecule has 0 aliphatic heterocycles. The van der Waals surface area contributed by atoms with Crippen LogP contribution < -0.4 is 5.32 Å². The molecule has 1 N–H and O–H groups in total. The zero-order valence-corrected chi connectivity index (χ0v) is 23.1. The van der Waals surface area contributed by atoms with Crippen LogP contribution in [0.25, 0.3) is 5.70 Å². The summed E-state index contributed by atoms with van der Waals surface area (Å²) in [6, 6.07) is 17.8. The summed E-state index contributed by atoms with van der Waals surface area (Å²) in [7, 11) is 0. The number of anilines is 1. The molecule has 1 aromatic heterocycles. The third-order valence-corrected chi connectivity index (χ3v) is 6.52. The molecule has 0 unspecified atom stereocenters. The van der Waals surface area contributed by atoms with Gasteiger partial charge in [-0.3, -0.25) is 4.99 Å². The van der Waals surface area contributed by atoms with Crippen LogP contribution in [0.1, 0.15) is 124 Å². The van der Waals surface area contributed by atoms with Crippen LogP contribution in [-0.2, 0) is 0 Å². The summed E-state index contributed by atoms with van der Waals surface area (Å²) < 4.78 is 25.1. The monoisotopic (exact) mass is 484 g/mol. The van der Waals surface area contributed by atoms with Crippen molar-refractivity contribution in [3.05, 3.63) is 94.8 Å². The smallest absolute Gasteiger partial charge is 0.0866 e. The highest BCUT2D eigenvalue weighted by molar-refractivity contribution is 5.99. The Labute approximate surface area is 223 Å². The van der Waals surface area contributed by atoms with Crippen LogP contribution >= 0.6 is 0 Å². The lowest BCUT2D eigenvalue weighted by atomic mass is 9.92. The highest BCUT2D eigenvalue weighted by atomic mass is 14.9. The maximum atomic E-state index is 8.36. The van der Waals surface area contributed by atoms with E-state index in [1.165, 1.54) is 11.1 Å². The molecule has 0 atom stereocenters. The Kier molecular flexibility index (Phi) is 7.54. The minimum absolute atomic E-state index is 0.0161. The number of hydrogen-bond acceptors (Lipinski definition) is 3. The van der Waals surface area contributed by atoms with Gasteiger partial charge in [0, 0.05) is 9.80 Å². The van der Waals surface area contributed by atoms with Crippen molar-refractivity contribution in [1.82, 2.24) is 4.98 Å². The normalized spacial score (nSPS) is 13.8. The molecule has 3 aromatic rings. The van der Waals surface area contributed by atoms with Gasteiger partial charge in [0.25, 0.3) is 0 Å². The number of rotatable bonds is 9. The topological polar surface area (TPSA) is 37.3 Å². The lowest BCUT2D eigenvalue weighted by Gasteiger charge is -2.22. The largest absolute Gasteiger partial charge is 0.354 e. The van der Waals surface area contributed by atoms with Gasteiger partial charge in [0.2, 0.25) is 0 Å². The molecule has 0 saturated carbocycles. The summed E-state index contributed by atoms with van der Waals surface area (Å²) in [5.74, 6) is 1.03. The molecule has 0 fully saturated rings. The van der Waals surface area contributed by atoms with Crippen LogP contribution in [-0.4, -0.2) is 10.7 Å². The SMILES string of the molecule is [2H]C([2H])([2H])C(=Nc1c(C(C)C)cccc1C(C)C)c1cccc(C(=C)Nc2c(C(C)C)cccc2C(C)C)n1. The summed E-state index contributed by atoms with van der Waals surface area (Å²) in [6.07, 6.45) is 0. The summed E-state index contributed by atoms with van der Waals surface area (Å²) in [6.45, 7) is 18.9. The summed E-state index contributed by atoms with van der Waals surface area (Å²) in [5, 5.41) is 3.52. The zero-order chi connectivity index (χ0) is 29.1. The van der Waals surface area contributed by atoms with Crippen molar-refractivity contribution in [3.63, 3.8) is 0 Å². The predicted octanol–water partition coefficient (Wildman–Crippen LogP) is 9.80. The van der Waals surface area contributed by atoms with E-state index in [0.717, 1.165) is 22.5 Å². The third-order valence-electron chi connectivity index (χ3n) is 6.52. The quantitative estimate of drug-likeness (QED) is 0.307. The standard InChI is InChI=1S/C33H43N3/c1-20(2)26-14-11-15-27(21(3)4)32(26)34-24(9)30-18-13-19-31(36-30)25(10)35-33-28(22(5)6)16-12-17-29(33)23(7)8/h11-23,34H,9H2,1-8,10H3/i10D3. The van der Waals surface area contributed by atoms with Gasteiger partial charge in [0.1, 0.15) is 0 Å². The summed E-state index contributed by atoms with van der Waals surface area (Å²) in [4.78, 5) is 9.62. The van der Waals surface area contributed by atoms with Crippen LogP contribution in [0.4, 0.5) is 11.4 Å². The Morgan fingerprint density at radius 2 is 1.17 bits per heavy atom. The van der Waals surface area contributed by atoms with E-state index in [0.29, 0.717) is 28.9 Å². The van der Waals surface area contributed by atoms with Crippen molar-refractivity contribution in [3.8, 4) is 0 Å². The van der Waals surface area contributed by atoms with Crippen LogP contribution in [0.5, 0.6) is 0 Å². The molecular weight excluding hydrogens is 438 g/mol. The zero-order valence-electron chi connectivity index (χ0n) is 26.1.